The van der Waals surface area contributed by atoms with E-state index in [-0.39, 0.29) is 11.9 Å². The van der Waals surface area contributed by atoms with Gasteiger partial charge in [-0.3, -0.25) is 5.32 Å². The molecule has 2 N–H and O–H groups in total. The molecule has 0 bridgehead atoms. The monoisotopic (exact) mass is 237 g/mol. The standard InChI is InChI=1S/C13H16FNO2/c1-8-7-11(8)15-13(2,12(16)17)9-3-5-10(14)6-4-9/h3-6,8,11,15H,7H2,1-2H3,(H,16,17). The van der Waals surface area contributed by atoms with Crippen molar-refractivity contribution in [2.24, 2.45) is 5.92 Å². The number of carboxylic acid groups (broad SMARTS) is 1. The van der Waals surface area contributed by atoms with Gasteiger partial charge in [-0.05, 0) is 37.0 Å². The molecule has 1 aromatic carbocycles. The van der Waals surface area contributed by atoms with Gasteiger partial charge in [-0.2, -0.15) is 0 Å². The highest BCUT2D eigenvalue weighted by atomic mass is 19.1. The van der Waals surface area contributed by atoms with Crippen molar-refractivity contribution in [3.63, 3.8) is 0 Å². The van der Waals surface area contributed by atoms with Crippen LogP contribution in [0.25, 0.3) is 0 Å². The van der Waals surface area contributed by atoms with Gasteiger partial charge in [0.05, 0.1) is 0 Å². The van der Waals surface area contributed by atoms with Gasteiger partial charge in [0.1, 0.15) is 11.4 Å². The molecule has 0 spiro atoms. The molecule has 1 aliphatic carbocycles. The normalized spacial score (nSPS) is 26.3. The van der Waals surface area contributed by atoms with Crippen LogP contribution in [0.3, 0.4) is 0 Å². The van der Waals surface area contributed by atoms with Crippen molar-refractivity contribution in [2.75, 3.05) is 0 Å². The van der Waals surface area contributed by atoms with Crippen molar-refractivity contribution in [2.45, 2.75) is 31.8 Å². The Bertz CT molecular complexity index is 432. The van der Waals surface area contributed by atoms with Crippen LogP contribution < -0.4 is 5.32 Å². The molecule has 3 unspecified atom stereocenters. The summed E-state index contributed by atoms with van der Waals surface area (Å²) in [6.07, 6.45) is 0.990. The fraction of sp³-hybridized carbons (Fsp3) is 0.462. The average molecular weight is 237 g/mol. The van der Waals surface area contributed by atoms with E-state index in [9.17, 15) is 14.3 Å². The van der Waals surface area contributed by atoms with Crippen LogP contribution in [0.4, 0.5) is 4.39 Å². The number of hydrogen-bond donors (Lipinski definition) is 2. The van der Waals surface area contributed by atoms with Crippen LogP contribution in [0, 0.1) is 11.7 Å². The highest BCUT2D eigenvalue weighted by molar-refractivity contribution is 5.80. The maximum Gasteiger partial charge on any atom is 0.328 e. The molecule has 3 atom stereocenters. The molecule has 0 aliphatic heterocycles. The summed E-state index contributed by atoms with van der Waals surface area (Å²) in [5.41, 5.74) is -0.575. The lowest BCUT2D eigenvalue weighted by atomic mass is 9.92. The lowest BCUT2D eigenvalue weighted by molar-refractivity contribution is -0.144. The molecule has 17 heavy (non-hydrogen) atoms. The third-order valence-corrected chi connectivity index (χ3v) is 3.43. The minimum atomic E-state index is -1.15. The second-order valence-corrected chi connectivity index (χ2v) is 4.90. The summed E-state index contributed by atoms with van der Waals surface area (Å²) in [5.74, 6) is -0.793. The zero-order valence-corrected chi connectivity index (χ0v) is 9.90. The molecule has 0 amide bonds. The summed E-state index contributed by atoms with van der Waals surface area (Å²) in [7, 11) is 0. The predicted octanol–water partition coefficient (Wildman–Crippen LogP) is 2.12. The van der Waals surface area contributed by atoms with Crippen LogP contribution in [0.5, 0.6) is 0 Å². The van der Waals surface area contributed by atoms with E-state index in [2.05, 4.69) is 12.2 Å². The number of carboxylic acids is 1. The van der Waals surface area contributed by atoms with Gasteiger partial charge in [-0.1, -0.05) is 19.1 Å². The number of nitrogens with one attached hydrogen (secondary N) is 1. The Balaban J connectivity index is 2.26. The Labute approximate surface area is 99.7 Å². The molecule has 1 aromatic rings. The molecular formula is C13H16FNO2. The second kappa shape index (κ2) is 4.11. The lowest BCUT2D eigenvalue weighted by Crippen LogP contribution is -2.48. The SMILES string of the molecule is CC1CC1NC(C)(C(=O)O)c1ccc(F)cc1. The topological polar surface area (TPSA) is 49.3 Å². The average Bonchev–Trinajstić information content (AvgIpc) is 2.94. The zero-order chi connectivity index (χ0) is 12.6. The number of benzene rings is 1. The third kappa shape index (κ3) is 2.31. The van der Waals surface area contributed by atoms with E-state index in [1.165, 1.54) is 24.3 Å². The van der Waals surface area contributed by atoms with Crippen LogP contribution in [-0.2, 0) is 10.3 Å². The summed E-state index contributed by atoms with van der Waals surface area (Å²) < 4.78 is 12.8. The first-order valence-electron chi connectivity index (χ1n) is 5.70. The number of aliphatic carboxylic acids is 1. The van der Waals surface area contributed by atoms with Gasteiger partial charge >= 0.3 is 5.97 Å². The number of carbonyl (C=O) groups is 1. The minimum Gasteiger partial charge on any atom is -0.480 e. The summed E-state index contributed by atoms with van der Waals surface area (Å²) in [4.78, 5) is 11.4. The van der Waals surface area contributed by atoms with Gasteiger partial charge < -0.3 is 5.11 Å². The van der Waals surface area contributed by atoms with Crippen molar-refractivity contribution >= 4 is 5.97 Å². The maximum atomic E-state index is 12.8. The van der Waals surface area contributed by atoms with Crippen molar-refractivity contribution in [1.82, 2.24) is 5.32 Å². The summed E-state index contributed by atoms with van der Waals surface area (Å²) >= 11 is 0. The van der Waals surface area contributed by atoms with Crippen LogP contribution in [0.1, 0.15) is 25.8 Å². The van der Waals surface area contributed by atoms with E-state index >= 15 is 0 Å². The first-order valence-corrected chi connectivity index (χ1v) is 5.70. The summed E-state index contributed by atoms with van der Waals surface area (Å²) in [6, 6.07) is 5.84. The van der Waals surface area contributed by atoms with Crippen molar-refractivity contribution in [3.05, 3.63) is 35.6 Å². The third-order valence-electron chi connectivity index (χ3n) is 3.43. The van der Waals surface area contributed by atoms with Gasteiger partial charge in [-0.25, -0.2) is 9.18 Å². The Hall–Kier alpha value is -1.42. The van der Waals surface area contributed by atoms with Gasteiger partial charge in [0, 0.05) is 6.04 Å². The smallest absolute Gasteiger partial charge is 0.328 e. The number of hydrogen-bond acceptors (Lipinski definition) is 2. The molecule has 92 valence electrons. The first kappa shape index (κ1) is 12.0. The molecule has 0 saturated heterocycles. The van der Waals surface area contributed by atoms with E-state index in [1.54, 1.807) is 6.92 Å². The minimum absolute atomic E-state index is 0.237. The van der Waals surface area contributed by atoms with E-state index in [1.807, 2.05) is 0 Å². The fourth-order valence-corrected chi connectivity index (χ4v) is 1.95. The Kier molecular flexibility index (Phi) is 2.91. The maximum absolute atomic E-state index is 12.8. The molecule has 4 heteroatoms. The predicted molar refractivity (Wildman–Crippen MR) is 62.1 cm³/mol. The van der Waals surface area contributed by atoms with Crippen LogP contribution in [0.2, 0.25) is 0 Å². The first-order chi connectivity index (χ1) is 7.93. The molecule has 2 rings (SSSR count). The van der Waals surface area contributed by atoms with Gasteiger partial charge in [0.15, 0.2) is 0 Å². The Morgan fingerprint density at radius 3 is 2.41 bits per heavy atom. The highest BCUT2D eigenvalue weighted by Gasteiger charge is 2.43. The molecule has 0 radical (unpaired) electrons. The Morgan fingerprint density at radius 1 is 1.47 bits per heavy atom. The van der Waals surface area contributed by atoms with Crippen molar-refractivity contribution < 1.29 is 14.3 Å². The highest BCUT2D eigenvalue weighted by Crippen LogP contribution is 2.34. The molecule has 1 saturated carbocycles. The summed E-state index contributed by atoms with van der Waals surface area (Å²) in [6.45, 7) is 3.69. The van der Waals surface area contributed by atoms with E-state index in [0.29, 0.717) is 11.5 Å². The molecule has 0 heterocycles. The van der Waals surface area contributed by atoms with Gasteiger partial charge in [0.25, 0.3) is 0 Å². The zero-order valence-electron chi connectivity index (χ0n) is 9.90. The molecule has 1 fully saturated rings. The quantitative estimate of drug-likeness (QED) is 0.843. The van der Waals surface area contributed by atoms with E-state index in [0.717, 1.165) is 6.42 Å². The van der Waals surface area contributed by atoms with Crippen LogP contribution in [-0.4, -0.2) is 17.1 Å². The second-order valence-electron chi connectivity index (χ2n) is 4.90. The molecular weight excluding hydrogens is 221 g/mol. The van der Waals surface area contributed by atoms with Crippen LogP contribution >= 0.6 is 0 Å². The Morgan fingerprint density at radius 2 is 2.00 bits per heavy atom. The molecule has 1 aliphatic rings. The van der Waals surface area contributed by atoms with E-state index in [4.69, 9.17) is 0 Å². The summed E-state index contributed by atoms with van der Waals surface area (Å²) in [5, 5.41) is 12.5. The van der Waals surface area contributed by atoms with Crippen molar-refractivity contribution in [1.29, 1.82) is 0 Å². The fourth-order valence-electron chi connectivity index (χ4n) is 1.95. The van der Waals surface area contributed by atoms with Gasteiger partial charge in [0.2, 0.25) is 0 Å². The van der Waals surface area contributed by atoms with Gasteiger partial charge in [-0.15, -0.1) is 0 Å². The number of halogens is 1. The molecule has 0 aromatic heterocycles. The van der Waals surface area contributed by atoms with Crippen LogP contribution in [0.15, 0.2) is 24.3 Å². The molecule has 3 nitrogen and oxygen atoms in total. The van der Waals surface area contributed by atoms with E-state index < -0.39 is 11.5 Å². The largest absolute Gasteiger partial charge is 0.480 e. The van der Waals surface area contributed by atoms with Crippen molar-refractivity contribution in [3.8, 4) is 0 Å². The number of rotatable bonds is 4. The lowest BCUT2D eigenvalue weighted by Gasteiger charge is -2.27.